The summed E-state index contributed by atoms with van der Waals surface area (Å²) in [5, 5.41) is 14.3. The van der Waals surface area contributed by atoms with Gasteiger partial charge in [0.1, 0.15) is 0 Å². The molecule has 0 saturated carbocycles. The largest absolute Gasteiger partial charge is 0.360 e. The lowest BCUT2D eigenvalue weighted by molar-refractivity contribution is 0.791. The van der Waals surface area contributed by atoms with Crippen LogP contribution in [-0.2, 0) is 0 Å². The third kappa shape index (κ3) is 2.15. The Labute approximate surface area is 135 Å². The van der Waals surface area contributed by atoms with Crippen LogP contribution in [0.5, 0.6) is 0 Å². The zero-order chi connectivity index (χ0) is 15.1. The number of aromatic nitrogens is 5. The first kappa shape index (κ1) is 13.3. The highest BCUT2D eigenvalue weighted by molar-refractivity contribution is 6.31. The van der Waals surface area contributed by atoms with E-state index in [1.807, 2.05) is 36.5 Å². The van der Waals surface area contributed by atoms with Crippen LogP contribution in [0.2, 0.25) is 10.0 Å². The first-order valence-corrected chi connectivity index (χ1v) is 7.29. The number of H-pyrrole nitrogens is 1. The molecule has 4 rings (SSSR count). The number of rotatable bonds is 2. The van der Waals surface area contributed by atoms with Gasteiger partial charge in [-0.05, 0) is 52.9 Å². The number of fused-ring (bicyclic) bond motifs is 1. The highest BCUT2D eigenvalue weighted by Gasteiger charge is 2.15. The van der Waals surface area contributed by atoms with Crippen LogP contribution >= 0.6 is 23.2 Å². The molecule has 0 unspecified atom stereocenters. The molecule has 5 nitrogen and oxygen atoms in total. The molecule has 0 aliphatic carbocycles. The molecule has 0 bridgehead atoms. The topological polar surface area (TPSA) is 59.4 Å². The monoisotopic (exact) mass is 329 g/mol. The normalized spacial score (nSPS) is 11.2. The van der Waals surface area contributed by atoms with Crippen molar-refractivity contribution in [3.63, 3.8) is 0 Å². The fourth-order valence-corrected chi connectivity index (χ4v) is 2.69. The molecule has 0 fully saturated rings. The summed E-state index contributed by atoms with van der Waals surface area (Å²) in [6.07, 6.45) is 1.87. The van der Waals surface area contributed by atoms with Crippen molar-refractivity contribution in [1.29, 1.82) is 0 Å². The SMILES string of the molecule is Clc1ccc(-n2nnnc2-c2c[nH]c3ccc(Cl)cc23)cc1. The lowest BCUT2D eigenvalue weighted by atomic mass is 10.1. The van der Waals surface area contributed by atoms with Crippen molar-refractivity contribution in [3.05, 3.63) is 58.7 Å². The molecule has 0 amide bonds. The summed E-state index contributed by atoms with van der Waals surface area (Å²) in [5.74, 6) is 0.635. The Balaban J connectivity index is 1.91. The van der Waals surface area contributed by atoms with E-state index in [-0.39, 0.29) is 0 Å². The van der Waals surface area contributed by atoms with E-state index in [0.717, 1.165) is 22.2 Å². The zero-order valence-electron chi connectivity index (χ0n) is 11.2. The van der Waals surface area contributed by atoms with Crippen LogP contribution in [0.3, 0.4) is 0 Å². The van der Waals surface area contributed by atoms with Crippen molar-refractivity contribution < 1.29 is 0 Å². The van der Waals surface area contributed by atoms with Crippen molar-refractivity contribution >= 4 is 34.1 Å². The van der Waals surface area contributed by atoms with Crippen LogP contribution in [-0.4, -0.2) is 25.2 Å². The summed E-state index contributed by atoms with van der Waals surface area (Å²) in [7, 11) is 0. The Bertz CT molecular complexity index is 956. The molecule has 0 aliphatic heterocycles. The van der Waals surface area contributed by atoms with Gasteiger partial charge in [0.05, 0.1) is 5.69 Å². The van der Waals surface area contributed by atoms with E-state index in [1.165, 1.54) is 0 Å². The molecule has 4 aromatic rings. The first-order valence-electron chi connectivity index (χ1n) is 6.54. The summed E-state index contributed by atoms with van der Waals surface area (Å²) in [5.41, 5.74) is 2.70. The van der Waals surface area contributed by atoms with E-state index in [2.05, 4.69) is 20.5 Å². The van der Waals surface area contributed by atoms with Crippen LogP contribution in [0.4, 0.5) is 0 Å². The van der Waals surface area contributed by atoms with Crippen molar-refractivity contribution in [2.45, 2.75) is 0 Å². The molecule has 0 aliphatic rings. The molecule has 0 radical (unpaired) electrons. The third-order valence-electron chi connectivity index (χ3n) is 3.43. The van der Waals surface area contributed by atoms with E-state index >= 15 is 0 Å². The van der Waals surface area contributed by atoms with Gasteiger partial charge in [-0.1, -0.05) is 23.2 Å². The molecular weight excluding hydrogens is 321 g/mol. The highest BCUT2D eigenvalue weighted by Crippen LogP contribution is 2.30. The Kier molecular flexibility index (Phi) is 3.10. The summed E-state index contributed by atoms with van der Waals surface area (Å²) in [6.45, 7) is 0. The summed E-state index contributed by atoms with van der Waals surface area (Å²) in [6, 6.07) is 13.0. The van der Waals surface area contributed by atoms with Gasteiger partial charge in [-0.3, -0.25) is 0 Å². The van der Waals surface area contributed by atoms with E-state index in [1.54, 1.807) is 16.8 Å². The third-order valence-corrected chi connectivity index (χ3v) is 3.91. The Morgan fingerprint density at radius 3 is 2.55 bits per heavy atom. The second-order valence-corrected chi connectivity index (χ2v) is 5.66. The average Bonchev–Trinajstić information content (AvgIpc) is 3.13. The maximum atomic E-state index is 6.10. The number of halogens is 2. The standard InChI is InChI=1S/C15H9Cl2N5/c16-9-1-4-11(5-2-9)22-15(19-20-21-22)13-8-18-14-6-3-10(17)7-12(13)14/h1-8,18H. The van der Waals surface area contributed by atoms with E-state index < -0.39 is 0 Å². The first-order chi connectivity index (χ1) is 10.7. The fraction of sp³-hybridized carbons (Fsp3) is 0. The molecule has 108 valence electrons. The number of nitrogens with zero attached hydrogens (tertiary/aromatic N) is 4. The molecule has 22 heavy (non-hydrogen) atoms. The number of nitrogens with one attached hydrogen (secondary N) is 1. The molecule has 2 heterocycles. The minimum Gasteiger partial charge on any atom is -0.360 e. The van der Waals surface area contributed by atoms with Gasteiger partial charge in [0, 0.05) is 32.7 Å². The van der Waals surface area contributed by atoms with Crippen LogP contribution in [0.15, 0.2) is 48.7 Å². The van der Waals surface area contributed by atoms with Crippen molar-refractivity contribution in [1.82, 2.24) is 25.2 Å². The van der Waals surface area contributed by atoms with Crippen molar-refractivity contribution in [2.24, 2.45) is 0 Å². The predicted molar refractivity (Wildman–Crippen MR) is 86.5 cm³/mol. The molecule has 0 atom stereocenters. The lowest BCUT2D eigenvalue weighted by Gasteiger charge is -2.04. The predicted octanol–water partition coefficient (Wildman–Crippen LogP) is 4.12. The molecule has 0 spiro atoms. The van der Waals surface area contributed by atoms with Crippen molar-refractivity contribution in [3.8, 4) is 17.1 Å². The minimum absolute atomic E-state index is 0.635. The van der Waals surface area contributed by atoms with Gasteiger partial charge >= 0.3 is 0 Å². The number of hydrogen-bond acceptors (Lipinski definition) is 3. The van der Waals surface area contributed by atoms with Crippen molar-refractivity contribution in [2.75, 3.05) is 0 Å². The van der Waals surface area contributed by atoms with E-state index in [4.69, 9.17) is 23.2 Å². The van der Waals surface area contributed by atoms with E-state index in [9.17, 15) is 0 Å². The van der Waals surface area contributed by atoms with Gasteiger partial charge in [-0.2, -0.15) is 4.68 Å². The summed E-state index contributed by atoms with van der Waals surface area (Å²) >= 11 is 12.0. The molecule has 1 N–H and O–H groups in total. The van der Waals surface area contributed by atoms with Gasteiger partial charge < -0.3 is 4.98 Å². The Morgan fingerprint density at radius 2 is 1.73 bits per heavy atom. The maximum absolute atomic E-state index is 6.10. The number of hydrogen-bond donors (Lipinski definition) is 1. The number of tetrazole rings is 1. The highest BCUT2D eigenvalue weighted by atomic mass is 35.5. The van der Waals surface area contributed by atoms with Crippen LogP contribution < -0.4 is 0 Å². The van der Waals surface area contributed by atoms with Crippen LogP contribution in [0.1, 0.15) is 0 Å². The molecule has 7 heteroatoms. The maximum Gasteiger partial charge on any atom is 0.189 e. The number of benzene rings is 2. The molecular formula is C15H9Cl2N5. The van der Waals surface area contributed by atoms with Gasteiger partial charge in [0.15, 0.2) is 5.82 Å². The summed E-state index contributed by atoms with van der Waals surface area (Å²) in [4.78, 5) is 3.20. The van der Waals surface area contributed by atoms with Crippen LogP contribution in [0, 0.1) is 0 Å². The Morgan fingerprint density at radius 1 is 0.955 bits per heavy atom. The average molecular weight is 330 g/mol. The smallest absolute Gasteiger partial charge is 0.189 e. The lowest BCUT2D eigenvalue weighted by Crippen LogP contribution is -1.99. The molecule has 0 saturated heterocycles. The number of aromatic amines is 1. The van der Waals surface area contributed by atoms with Gasteiger partial charge in [0.25, 0.3) is 0 Å². The molecule has 2 aromatic carbocycles. The minimum atomic E-state index is 0.635. The molecule has 2 aromatic heterocycles. The summed E-state index contributed by atoms with van der Waals surface area (Å²) < 4.78 is 1.67. The van der Waals surface area contributed by atoms with Gasteiger partial charge in [0.2, 0.25) is 0 Å². The zero-order valence-corrected chi connectivity index (χ0v) is 12.7. The van der Waals surface area contributed by atoms with Gasteiger partial charge in [-0.15, -0.1) is 5.10 Å². The Hall–Kier alpha value is -2.37. The second kappa shape index (κ2) is 5.12. The van der Waals surface area contributed by atoms with E-state index in [0.29, 0.717) is 15.9 Å². The fourth-order valence-electron chi connectivity index (χ4n) is 2.39. The second-order valence-electron chi connectivity index (χ2n) is 4.78. The quantitative estimate of drug-likeness (QED) is 0.601. The van der Waals surface area contributed by atoms with Gasteiger partial charge in [-0.25, -0.2) is 0 Å². The van der Waals surface area contributed by atoms with Crippen LogP contribution in [0.25, 0.3) is 28.0 Å².